The standard InChI is InChI=1S/C5H2Br4O3/c6-1-3(8)11-5(10)12-4(9)2-7/h1-2H. The highest BCUT2D eigenvalue weighted by atomic mass is 79.9. The van der Waals surface area contributed by atoms with E-state index in [-0.39, 0.29) is 9.34 Å². The number of hydrogen-bond donors (Lipinski definition) is 0. The zero-order chi connectivity index (χ0) is 9.56. The molecule has 0 aromatic carbocycles. The van der Waals surface area contributed by atoms with Gasteiger partial charge in [0.2, 0.25) is 0 Å². The zero-order valence-corrected chi connectivity index (χ0v) is 11.7. The van der Waals surface area contributed by atoms with Crippen molar-refractivity contribution in [2.24, 2.45) is 0 Å². The molecule has 0 aromatic heterocycles. The Balaban J connectivity index is 3.91. The Labute approximate surface area is 103 Å². The van der Waals surface area contributed by atoms with Gasteiger partial charge in [-0.15, -0.1) is 0 Å². The first-order chi connectivity index (χ1) is 5.60. The van der Waals surface area contributed by atoms with Crippen molar-refractivity contribution in [3.05, 3.63) is 19.3 Å². The molecule has 0 aliphatic rings. The van der Waals surface area contributed by atoms with Gasteiger partial charge >= 0.3 is 6.16 Å². The van der Waals surface area contributed by atoms with Gasteiger partial charge in [-0.05, 0) is 31.9 Å². The fourth-order valence-electron chi connectivity index (χ4n) is 0.225. The minimum Gasteiger partial charge on any atom is -0.386 e. The third kappa shape index (κ3) is 6.22. The van der Waals surface area contributed by atoms with Crippen molar-refractivity contribution in [1.29, 1.82) is 0 Å². The molecule has 0 rings (SSSR count). The van der Waals surface area contributed by atoms with Gasteiger partial charge in [-0.25, -0.2) is 4.79 Å². The second-order valence-electron chi connectivity index (χ2n) is 1.28. The van der Waals surface area contributed by atoms with Crippen molar-refractivity contribution < 1.29 is 14.3 Å². The van der Waals surface area contributed by atoms with Crippen LogP contribution in [0.4, 0.5) is 4.79 Å². The van der Waals surface area contributed by atoms with Gasteiger partial charge in [-0.3, -0.25) is 0 Å². The number of ether oxygens (including phenoxy) is 2. The predicted octanol–water partition coefficient (Wildman–Crippen LogP) is 4.32. The van der Waals surface area contributed by atoms with E-state index < -0.39 is 6.16 Å². The smallest absolute Gasteiger partial charge is 0.386 e. The van der Waals surface area contributed by atoms with E-state index in [4.69, 9.17) is 0 Å². The molecule has 68 valence electrons. The third-order valence-electron chi connectivity index (χ3n) is 0.533. The normalized spacial score (nSPS) is 12.7. The molecule has 7 heteroatoms. The summed E-state index contributed by atoms with van der Waals surface area (Å²) < 4.78 is 9.55. The second kappa shape index (κ2) is 7.11. The average molecular weight is 430 g/mol. The van der Waals surface area contributed by atoms with Gasteiger partial charge in [0.15, 0.2) is 9.34 Å². The highest BCUT2D eigenvalue weighted by Crippen LogP contribution is 2.15. The maximum atomic E-state index is 10.8. The second-order valence-corrected chi connectivity index (χ2v) is 3.76. The number of carbonyl (C=O) groups is 1. The molecule has 0 atom stereocenters. The summed E-state index contributed by atoms with van der Waals surface area (Å²) in [5.74, 6) is 0. The monoisotopic (exact) mass is 426 g/mol. The Bertz CT molecular complexity index is 201. The van der Waals surface area contributed by atoms with E-state index in [1.807, 2.05) is 0 Å². The molecule has 0 heterocycles. The molecule has 0 N–H and O–H groups in total. The van der Waals surface area contributed by atoms with Crippen molar-refractivity contribution in [1.82, 2.24) is 0 Å². The van der Waals surface area contributed by atoms with E-state index in [2.05, 4.69) is 73.2 Å². The molecule has 0 aliphatic carbocycles. The van der Waals surface area contributed by atoms with Crippen molar-refractivity contribution in [2.75, 3.05) is 0 Å². The molecule has 0 saturated carbocycles. The highest BCUT2D eigenvalue weighted by molar-refractivity contribution is 9.14. The zero-order valence-electron chi connectivity index (χ0n) is 5.39. The van der Waals surface area contributed by atoms with Gasteiger partial charge in [-0.2, -0.15) is 0 Å². The van der Waals surface area contributed by atoms with Crippen molar-refractivity contribution in [3.8, 4) is 0 Å². The minimum absolute atomic E-state index is 0.224. The van der Waals surface area contributed by atoms with E-state index in [1.165, 1.54) is 9.97 Å². The molecule has 0 aromatic rings. The molecular weight excluding hydrogens is 428 g/mol. The van der Waals surface area contributed by atoms with Crippen LogP contribution in [-0.4, -0.2) is 6.16 Å². The van der Waals surface area contributed by atoms with Crippen LogP contribution in [0.3, 0.4) is 0 Å². The maximum absolute atomic E-state index is 10.8. The first kappa shape index (κ1) is 12.7. The van der Waals surface area contributed by atoms with Crippen molar-refractivity contribution >= 4 is 69.9 Å². The largest absolute Gasteiger partial charge is 0.520 e. The van der Waals surface area contributed by atoms with Crippen LogP contribution in [-0.2, 0) is 9.47 Å². The Morgan fingerprint density at radius 2 is 1.33 bits per heavy atom. The summed E-state index contributed by atoms with van der Waals surface area (Å²) in [4.78, 5) is 13.5. The van der Waals surface area contributed by atoms with E-state index in [0.29, 0.717) is 0 Å². The van der Waals surface area contributed by atoms with Gasteiger partial charge in [0.05, 0.1) is 0 Å². The van der Waals surface area contributed by atoms with Crippen LogP contribution >= 0.6 is 63.7 Å². The highest BCUT2D eigenvalue weighted by Gasteiger charge is 2.07. The van der Waals surface area contributed by atoms with Crippen LogP contribution in [0.2, 0.25) is 0 Å². The van der Waals surface area contributed by atoms with Gasteiger partial charge < -0.3 is 9.47 Å². The Morgan fingerprint density at radius 1 is 1.00 bits per heavy atom. The summed E-state index contributed by atoms with van der Waals surface area (Å²) in [5, 5.41) is 0. The molecule has 0 saturated heterocycles. The molecular formula is C5H2Br4O3. The lowest BCUT2D eigenvalue weighted by Crippen LogP contribution is -2.01. The molecule has 0 bridgehead atoms. The SMILES string of the molecule is O=C(OC(Br)=CBr)OC(Br)=CBr. The number of rotatable bonds is 2. The van der Waals surface area contributed by atoms with Crippen molar-refractivity contribution in [3.63, 3.8) is 0 Å². The molecule has 0 spiro atoms. The molecule has 0 aliphatic heterocycles. The lowest BCUT2D eigenvalue weighted by Gasteiger charge is -2.01. The first-order valence-electron chi connectivity index (χ1n) is 2.41. The van der Waals surface area contributed by atoms with Gasteiger partial charge in [0.1, 0.15) is 0 Å². The van der Waals surface area contributed by atoms with Gasteiger partial charge in [-0.1, -0.05) is 31.9 Å². The van der Waals surface area contributed by atoms with Gasteiger partial charge in [0.25, 0.3) is 0 Å². The van der Waals surface area contributed by atoms with Crippen molar-refractivity contribution in [2.45, 2.75) is 0 Å². The first-order valence-corrected chi connectivity index (χ1v) is 5.83. The predicted molar refractivity (Wildman–Crippen MR) is 59.4 cm³/mol. The van der Waals surface area contributed by atoms with Crippen LogP contribution in [0, 0.1) is 0 Å². The average Bonchev–Trinajstić information content (AvgIpc) is 2.03. The number of hydrogen-bond acceptors (Lipinski definition) is 3. The topological polar surface area (TPSA) is 35.5 Å². The van der Waals surface area contributed by atoms with Crippen LogP contribution in [0.1, 0.15) is 0 Å². The fraction of sp³-hybridized carbons (Fsp3) is 0. The maximum Gasteiger partial charge on any atom is 0.520 e. The van der Waals surface area contributed by atoms with E-state index in [9.17, 15) is 4.79 Å². The lowest BCUT2D eigenvalue weighted by atomic mass is 11.1. The summed E-state index contributed by atoms with van der Waals surface area (Å²) in [5.41, 5.74) is 0. The third-order valence-corrected chi connectivity index (χ3v) is 3.38. The summed E-state index contributed by atoms with van der Waals surface area (Å²) in [6.07, 6.45) is -0.847. The molecule has 0 unspecified atom stereocenters. The van der Waals surface area contributed by atoms with Gasteiger partial charge in [0, 0.05) is 9.97 Å². The van der Waals surface area contributed by atoms with E-state index in [1.54, 1.807) is 0 Å². The van der Waals surface area contributed by atoms with Crippen LogP contribution < -0.4 is 0 Å². The number of halogens is 4. The summed E-state index contributed by atoms with van der Waals surface area (Å²) in [6, 6.07) is 0. The summed E-state index contributed by atoms with van der Waals surface area (Å²) in [6.45, 7) is 0. The molecule has 12 heavy (non-hydrogen) atoms. The fourth-order valence-corrected chi connectivity index (χ4v) is 0.676. The molecule has 0 amide bonds. The van der Waals surface area contributed by atoms with E-state index in [0.717, 1.165) is 0 Å². The summed E-state index contributed by atoms with van der Waals surface area (Å²) >= 11 is 11.8. The number of carbonyl (C=O) groups excluding carboxylic acids is 1. The Morgan fingerprint density at radius 3 is 1.58 bits per heavy atom. The lowest BCUT2D eigenvalue weighted by molar-refractivity contribution is 0.116. The van der Waals surface area contributed by atoms with Crippen LogP contribution in [0.5, 0.6) is 0 Å². The summed E-state index contributed by atoms with van der Waals surface area (Å²) in [7, 11) is 0. The molecule has 3 nitrogen and oxygen atoms in total. The minimum atomic E-state index is -0.847. The van der Waals surface area contributed by atoms with Crippen LogP contribution in [0.25, 0.3) is 0 Å². The Hall–Kier alpha value is 0.670. The van der Waals surface area contributed by atoms with E-state index >= 15 is 0 Å². The molecule has 0 fully saturated rings. The molecule has 0 radical (unpaired) electrons. The quantitative estimate of drug-likeness (QED) is 0.484. The van der Waals surface area contributed by atoms with Crippen LogP contribution in [0.15, 0.2) is 19.3 Å². The Kier molecular flexibility index (Phi) is 7.51.